The van der Waals surface area contributed by atoms with Crippen molar-refractivity contribution in [1.29, 1.82) is 0 Å². The van der Waals surface area contributed by atoms with Gasteiger partial charge in [0.15, 0.2) is 0 Å². The van der Waals surface area contributed by atoms with E-state index in [1.54, 1.807) is 36.5 Å². The maximum atomic E-state index is 12.2. The maximum absolute atomic E-state index is 12.2. The van der Waals surface area contributed by atoms with E-state index < -0.39 is 0 Å². The third kappa shape index (κ3) is 5.67. The number of pyridine rings is 1. The van der Waals surface area contributed by atoms with Gasteiger partial charge in [-0.3, -0.25) is 9.78 Å². The van der Waals surface area contributed by atoms with E-state index in [1.807, 2.05) is 14.1 Å². The molecule has 0 aliphatic heterocycles. The van der Waals surface area contributed by atoms with Crippen LogP contribution in [0.5, 0.6) is 0 Å². The molecule has 1 amide bonds. The third-order valence-electron chi connectivity index (χ3n) is 3.27. The average molecular weight is 367 g/mol. The van der Waals surface area contributed by atoms with Gasteiger partial charge in [-0.05, 0) is 57.4 Å². The Balaban J connectivity index is 2.00. The summed E-state index contributed by atoms with van der Waals surface area (Å²) in [5, 5.41) is 7.14. The number of halogens is 2. The molecular weight excluding hydrogens is 347 g/mol. The first-order valence-corrected chi connectivity index (χ1v) is 8.32. The number of hydrogen-bond acceptors (Lipinski definition) is 4. The summed E-state index contributed by atoms with van der Waals surface area (Å²) in [4.78, 5) is 18.3. The molecule has 2 aromatic rings. The second-order valence-corrected chi connectivity index (χ2v) is 6.44. The molecule has 0 saturated carbocycles. The first-order valence-electron chi connectivity index (χ1n) is 7.57. The summed E-state index contributed by atoms with van der Waals surface area (Å²) in [7, 11) is 4.00. The SMILES string of the molecule is CN(C)CCCNC(=O)c1cc(Nc2cc(Cl)ccc2Cl)ccn1. The molecule has 0 bridgehead atoms. The summed E-state index contributed by atoms with van der Waals surface area (Å²) >= 11 is 12.1. The van der Waals surface area contributed by atoms with Crippen molar-refractivity contribution >= 4 is 40.5 Å². The van der Waals surface area contributed by atoms with Gasteiger partial charge in [0.05, 0.1) is 10.7 Å². The monoisotopic (exact) mass is 366 g/mol. The van der Waals surface area contributed by atoms with E-state index >= 15 is 0 Å². The van der Waals surface area contributed by atoms with Crippen LogP contribution in [0.15, 0.2) is 36.5 Å². The number of rotatable bonds is 7. The summed E-state index contributed by atoms with van der Waals surface area (Å²) in [6.07, 6.45) is 2.46. The van der Waals surface area contributed by atoms with Gasteiger partial charge in [-0.2, -0.15) is 0 Å². The van der Waals surface area contributed by atoms with Gasteiger partial charge in [-0.25, -0.2) is 0 Å². The van der Waals surface area contributed by atoms with Gasteiger partial charge >= 0.3 is 0 Å². The predicted molar refractivity (Wildman–Crippen MR) is 99.5 cm³/mol. The molecule has 128 valence electrons. The van der Waals surface area contributed by atoms with Gasteiger partial charge in [0, 0.05) is 23.5 Å². The highest BCUT2D eigenvalue weighted by Gasteiger charge is 2.09. The van der Waals surface area contributed by atoms with Gasteiger partial charge in [-0.1, -0.05) is 23.2 Å². The summed E-state index contributed by atoms with van der Waals surface area (Å²) in [5.41, 5.74) is 1.74. The highest BCUT2D eigenvalue weighted by Crippen LogP contribution is 2.28. The van der Waals surface area contributed by atoms with Crippen LogP contribution in [-0.2, 0) is 0 Å². The van der Waals surface area contributed by atoms with Crippen LogP contribution < -0.4 is 10.6 Å². The van der Waals surface area contributed by atoms with Gasteiger partial charge < -0.3 is 15.5 Å². The lowest BCUT2D eigenvalue weighted by molar-refractivity contribution is 0.0947. The molecule has 1 aromatic heterocycles. The number of nitrogens with zero attached hydrogens (tertiary/aromatic N) is 2. The average Bonchev–Trinajstić information content (AvgIpc) is 2.55. The van der Waals surface area contributed by atoms with Crippen LogP contribution in [0.4, 0.5) is 11.4 Å². The van der Waals surface area contributed by atoms with Crippen LogP contribution in [0.25, 0.3) is 0 Å². The van der Waals surface area contributed by atoms with Crippen molar-refractivity contribution in [3.63, 3.8) is 0 Å². The molecule has 0 spiro atoms. The molecular formula is C17H20Cl2N4O. The molecule has 1 aromatic carbocycles. The lowest BCUT2D eigenvalue weighted by Gasteiger charge is -2.11. The molecule has 7 heteroatoms. The zero-order valence-electron chi connectivity index (χ0n) is 13.6. The molecule has 5 nitrogen and oxygen atoms in total. The summed E-state index contributed by atoms with van der Waals surface area (Å²) < 4.78 is 0. The van der Waals surface area contributed by atoms with Crippen LogP contribution in [0.1, 0.15) is 16.9 Å². The molecule has 0 fully saturated rings. The van der Waals surface area contributed by atoms with Crippen molar-refractivity contribution < 1.29 is 4.79 Å². The van der Waals surface area contributed by atoms with Crippen molar-refractivity contribution in [1.82, 2.24) is 15.2 Å². The summed E-state index contributed by atoms with van der Waals surface area (Å²) in [5.74, 6) is -0.199. The topological polar surface area (TPSA) is 57.3 Å². The molecule has 0 atom stereocenters. The Kier molecular flexibility index (Phi) is 6.85. The molecule has 0 saturated heterocycles. The Morgan fingerprint density at radius 3 is 2.75 bits per heavy atom. The maximum Gasteiger partial charge on any atom is 0.269 e. The van der Waals surface area contributed by atoms with Crippen LogP contribution in [0.2, 0.25) is 10.0 Å². The standard InChI is InChI=1S/C17H20Cl2N4O/c1-23(2)9-3-7-21-17(24)16-11-13(6-8-20-16)22-15-10-12(18)4-5-14(15)19/h4-6,8,10-11H,3,7,9H2,1-2H3,(H,20,22)(H,21,24). The van der Waals surface area contributed by atoms with Crippen molar-refractivity contribution in [2.75, 3.05) is 32.5 Å². The van der Waals surface area contributed by atoms with E-state index in [1.165, 1.54) is 0 Å². The molecule has 0 unspecified atom stereocenters. The fraction of sp³-hybridized carbons (Fsp3) is 0.294. The highest BCUT2D eigenvalue weighted by molar-refractivity contribution is 6.35. The number of anilines is 2. The van der Waals surface area contributed by atoms with Gasteiger partial charge in [-0.15, -0.1) is 0 Å². The quantitative estimate of drug-likeness (QED) is 0.731. The number of hydrogen-bond donors (Lipinski definition) is 2. The first-order chi connectivity index (χ1) is 11.5. The zero-order chi connectivity index (χ0) is 17.5. The molecule has 1 heterocycles. The second-order valence-electron chi connectivity index (χ2n) is 5.59. The molecule has 2 N–H and O–H groups in total. The Hall–Kier alpha value is -1.82. The zero-order valence-corrected chi connectivity index (χ0v) is 15.2. The summed E-state index contributed by atoms with van der Waals surface area (Å²) in [6.45, 7) is 1.53. The number of aromatic nitrogens is 1. The lowest BCUT2D eigenvalue weighted by atomic mass is 10.2. The number of amides is 1. The van der Waals surface area contributed by atoms with Gasteiger partial charge in [0.1, 0.15) is 5.69 Å². The smallest absolute Gasteiger partial charge is 0.269 e. The van der Waals surface area contributed by atoms with E-state index in [4.69, 9.17) is 23.2 Å². The van der Waals surface area contributed by atoms with E-state index in [9.17, 15) is 4.79 Å². The predicted octanol–water partition coefficient (Wildman–Crippen LogP) is 3.81. The van der Waals surface area contributed by atoms with Crippen LogP contribution >= 0.6 is 23.2 Å². The molecule has 0 radical (unpaired) electrons. The fourth-order valence-electron chi connectivity index (χ4n) is 2.07. The van der Waals surface area contributed by atoms with Crippen molar-refractivity contribution in [2.24, 2.45) is 0 Å². The first kappa shape index (κ1) is 18.5. The van der Waals surface area contributed by atoms with E-state index in [2.05, 4.69) is 20.5 Å². The molecule has 0 aliphatic carbocycles. The van der Waals surface area contributed by atoms with E-state index in [0.717, 1.165) is 13.0 Å². The Morgan fingerprint density at radius 2 is 2.00 bits per heavy atom. The van der Waals surface area contributed by atoms with E-state index in [0.29, 0.717) is 33.7 Å². The van der Waals surface area contributed by atoms with Crippen LogP contribution in [-0.4, -0.2) is 43.0 Å². The minimum atomic E-state index is -0.199. The van der Waals surface area contributed by atoms with E-state index in [-0.39, 0.29) is 5.91 Å². The number of carbonyl (C=O) groups excluding carboxylic acids is 1. The van der Waals surface area contributed by atoms with Crippen LogP contribution in [0, 0.1) is 0 Å². The minimum absolute atomic E-state index is 0.199. The molecule has 0 aliphatic rings. The van der Waals surface area contributed by atoms with Crippen LogP contribution in [0.3, 0.4) is 0 Å². The number of nitrogens with one attached hydrogen (secondary N) is 2. The Labute approximate surface area is 152 Å². The van der Waals surface area contributed by atoms with Crippen molar-refractivity contribution in [3.05, 3.63) is 52.3 Å². The molecule has 2 rings (SSSR count). The Morgan fingerprint density at radius 1 is 1.21 bits per heavy atom. The third-order valence-corrected chi connectivity index (χ3v) is 3.83. The van der Waals surface area contributed by atoms with Crippen molar-refractivity contribution in [3.8, 4) is 0 Å². The van der Waals surface area contributed by atoms with Crippen molar-refractivity contribution in [2.45, 2.75) is 6.42 Å². The van der Waals surface area contributed by atoms with Gasteiger partial charge in [0.2, 0.25) is 0 Å². The summed E-state index contributed by atoms with van der Waals surface area (Å²) in [6, 6.07) is 8.60. The minimum Gasteiger partial charge on any atom is -0.354 e. The normalized spacial score (nSPS) is 10.7. The largest absolute Gasteiger partial charge is 0.354 e. The second kappa shape index (κ2) is 8.87. The number of benzene rings is 1. The lowest BCUT2D eigenvalue weighted by Crippen LogP contribution is -2.27. The number of carbonyl (C=O) groups is 1. The van der Waals surface area contributed by atoms with Gasteiger partial charge in [0.25, 0.3) is 5.91 Å². The highest BCUT2D eigenvalue weighted by atomic mass is 35.5. The fourth-order valence-corrected chi connectivity index (χ4v) is 2.41. The Bertz CT molecular complexity index is 707. The molecule has 24 heavy (non-hydrogen) atoms.